The highest BCUT2D eigenvalue weighted by Gasteiger charge is 2.26. The van der Waals surface area contributed by atoms with Gasteiger partial charge in [-0.25, -0.2) is 4.39 Å². The molecule has 1 aliphatic carbocycles. The van der Waals surface area contributed by atoms with Gasteiger partial charge in [0.1, 0.15) is 5.82 Å². The van der Waals surface area contributed by atoms with E-state index < -0.39 is 0 Å². The maximum Gasteiger partial charge on any atom is 0.124 e. The van der Waals surface area contributed by atoms with Gasteiger partial charge in [-0.15, -0.1) is 0 Å². The molecule has 0 atom stereocenters. The molecule has 0 saturated heterocycles. The quantitative estimate of drug-likeness (QED) is 0.831. The van der Waals surface area contributed by atoms with Crippen molar-refractivity contribution in [1.29, 1.82) is 5.26 Å². The van der Waals surface area contributed by atoms with E-state index in [2.05, 4.69) is 5.32 Å². The number of hydrogen-bond acceptors (Lipinski definition) is 3. The Morgan fingerprint density at radius 1 is 1.41 bits per heavy atom. The molecular formula is C13H15FN2O. The zero-order chi connectivity index (χ0) is 12.3. The minimum atomic E-state index is -0.375. The second kappa shape index (κ2) is 5.26. The molecule has 0 aromatic heterocycles. The SMILES string of the molecule is N#Cc1cc(F)cc(CNCC2CC(O)C2)c1. The van der Waals surface area contributed by atoms with E-state index in [1.807, 2.05) is 6.07 Å². The van der Waals surface area contributed by atoms with Crippen molar-refractivity contribution in [2.75, 3.05) is 6.54 Å². The third-order valence-electron chi connectivity index (χ3n) is 3.06. The van der Waals surface area contributed by atoms with Crippen LogP contribution < -0.4 is 5.32 Å². The zero-order valence-corrected chi connectivity index (χ0v) is 9.49. The minimum absolute atomic E-state index is 0.138. The number of rotatable bonds is 4. The lowest BCUT2D eigenvalue weighted by Gasteiger charge is -2.31. The zero-order valence-electron chi connectivity index (χ0n) is 9.49. The normalized spacial score (nSPS) is 22.9. The monoisotopic (exact) mass is 234 g/mol. The molecule has 1 aliphatic rings. The largest absolute Gasteiger partial charge is 0.393 e. The van der Waals surface area contributed by atoms with E-state index in [-0.39, 0.29) is 11.9 Å². The molecule has 1 aromatic rings. The summed E-state index contributed by atoms with van der Waals surface area (Å²) in [6.45, 7) is 1.38. The molecule has 2 rings (SSSR count). The Kier molecular flexibility index (Phi) is 3.72. The molecule has 4 heteroatoms. The number of nitrogens with one attached hydrogen (secondary N) is 1. The maximum absolute atomic E-state index is 13.1. The van der Waals surface area contributed by atoms with Gasteiger partial charge in [0.25, 0.3) is 0 Å². The summed E-state index contributed by atoms with van der Waals surface area (Å²) in [6, 6.07) is 6.28. The highest BCUT2D eigenvalue weighted by molar-refractivity contribution is 5.33. The predicted octanol–water partition coefficient (Wildman–Crippen LogP) is 1.56. The van der Waals surface area contributed by atoms with Crippen LogP contribution in [0.2, 0.25) is 0 Å². The van der Waals surface area contributed by atoms with Crippen LogP contribution in [0.5, 0.6) is 0 Å². The van der Waals surface area contributed by atoms with Crippen LogP contribution >= 0.6 is 0 Å². The molecule has 0 aliphatic heterocycles. The van der Waals surface area contributed by atoms with Crippen molar-refractivity contribution in [2.45, 2.75) is 25.5 Å². The van der Waals surface area contributed by atoms with Gasteiger partial charge in [-0.1, -0.05) is 0 Å². The second-order valence-electron chi connectivity index (χ2n) is 4.58. The summed E-state index contributed by atoms with van der Waals surface area (Å²) in [5.74, 6) is 0.147. The van der Waals surface area contributed by atoms with E-state index >= 15 is 0 Å². The van der Waals surface area contributed by atoms with Gasteiger partial charge in [0, 0.05) is 6.54 Å². The van der Waals surface area contributed by atoms with E-state index in [9.17, 15) is 4.39 Å². The number of hydrogen-bond donors (Lipinski definition) is 2. The number of nitriles is 1. The van der Waals surface area contributed by atoms with Gasteiger partial charge < -0.3 is 10.4 Å². The lowest BCUT2D eigenvalue weighted by Crippen LogP contribution is -2.35. The fraction of sp³-hybridized carbons (Fsp3) is 0.462. The van der Waals surface area contributed by atoms with Crippen LogP contribution in [-0.4, -0.2) is 17.8 Å². The number of benzene rings is 1. The molecule has 0 amide bonds. The number of nitrogens with zero attached hydrogens (tertiary/aromatic N) is 1. The molecule has 90 valence electrons. The average Bonchev–Trinajstić information content (AvgIpc) is 2.26. The Hall–Kier alpha value is -1.44. The average molecular weight is 234 g/mol. The van der Waals surface area contributed by atoms with Crippen LogP contribution in [0.15, 0.2) is 18.2 Å². The standard InChI is InChI=1S/C13H15FN2O/c14-12-2-9(6-15)1-10(3-12)7-16-8-11-4-13(17)5-11/h1-3,11,13,16-17H,4-5,7-8H2. The lowest BCUT2D eigenvalue weighted by atomic mass is 9.82. The smallest absolute Gasteiger partial charge is 0.124 e. The number of halogens is 1. The molecule has 0 unspecified atom stereocenters. The predicted molar refractivity (Wildman–Crippen MR) is 61.6 cm³/mol. The molecule has 0 radical (unpaired) electrons. The molecule has 1 aromatic carbocycles. The number of aliphatic hydroxyl groups is 1. The fourth-order valence-electron chi connectivity index (χ4n) is 2.10. The summed E-state index contributed by atoms with van der Waals surface area (Å²) in [5, 5.41) is 21.1. The van der Waals surface area contributed by atoms with Crippen LogP contribution in [0.1, 0.15) is 24.0 Å². The van der Waals surface area contributed by atoms with Crippen molar-refractivity contribution in [3.63, 3.8) is 0 Å². The molecule has 17 heavy (non-hydrogen) atoms. The number of aliphatic hydroxyl groups excluding tert-OH is 1. The van der Waals surface area contributed by atoms with Gasteiger partial charge in [0.2, 0.25) is 0 Å². The van der Waals surface area contributed by atoms with E-state index in [4.69, 9.17) is 10.4 Å². The van der Waals surface area contributed by atoms with Crippen molar-refractivity contribution in [3.8, 4) is 6.07 Å². The minimum Gasteiger partial charge on any atom is -0.393 e. The van der Waals surface area contributed by atoms with Crippen molar-refractivity contribution in [3.05, 3.63) is 35.1 Å². The Bertz CT molecular complexity index is 436. The lowest BCUT2D eigenvalue weighted by molar-refractivity contribution is 0.0430. The molecular weight excluding hydrogens is 219 g/mol. The Morgan fingerprint density at radius 2 is 2.18 bits per heavy atom. The Labute approximate surface area is 99.9 Å². The summed E-state index contributed by atoms with van der Waals surface area (Å²) in [4.78, 5) is 0. The van der Waals surface area contributed by atoms with Crippen molar-refractivity contribution >= 4 is 0 Å². The van der Waals surface area contributed by atoms with Gasteiger partial charge >= 0.3 is 0 Å². The Balaban J connectivity index is 1.82. The first-order valence-electron chi connectivity index (χ1n) is 5.75. The highest BCUT2D eigenvalue weighted by atomic mass is 19.1. The van der Waals surface area contributed by atoms with E-state index in [1.54, 1.807) is 6.07 Å². The van der Waals surface area contributed by atoms with Crippen LogP contribution in [0.3, 0.4) is 0 Å². The van der Waals surface area contributed by atoms with E-state index in [0.717, 1.165) is 24.9 Å². The maximum atomic E-state index is 13.1. The first-order valence-corrected chi connectivity index (χ1v) is 5.75. The van der Waals surface area contributed by atoms with Crippen LogP contribution in [0, 0.1) is 23.1 Å². The molecule has 0 spiro atoms. The first kappa shape index (κ1) is 12.0. The molecule has 2 N–H and O–H groups in total. The fourth-order valence-corrected chi connectivity index (χ4v) is 2.10. The van der Waals surface area contributed by atoms with Gasteiger partial charge in [0.05, 0.1) is 17.7 Å². The summed E-state index contributed by atoms with van der Waals surface area (Å²) in [7, 11) is 0. The van der Waals surface area contributed by atoms with E-state index in [1.165, 1.54) is 12.1 Å². The van der Waals surface area contributed by atoms with E-state index in [0.29, 0.717) is 18.0 Å². The first-order chi connectivity index (χ1) is 8.17. The molecule has 0 bridgehead atoms. The molecule has 1 saturated carbocycles. The summed E-state index contributed by atoms with van der Waals surface area (Å²) < 4.78 is 13.1. The summed E-state index contributed by atoms with van der Waals surface area (Å²) in [5.41, 5.74) is 1.13. The van der Waals surface area contributed by atoms with Crippen molar-refractivity contribution in [2.24, 2.45) is 5.92 Å². The van der Waals surface area contributed by atoms with Gasteiger partial charge in [-0.2, -0.15) is 5.26 Å². The third-order valence-corrected chi connectivity index (χ3v) is 3.06. The molecule has 1 fully saturated rings. The summed E-state index contributed by atoms with van der Waals surface area (Å²) >= 11 is 0. The third kappa shape index (κ3) is 3.26. The van der Waals surface area contributed by atoms with Gasteiger partial charge in [0.15, 0.2) is 0 Å². The van der Waals surface area contributed by atoms with Crippen molar-refractivity contribution in [1.82, 2.24) is 5.32 Å². The van der Waals surface area contributed by atoms with Crippen LogP contribution in [-0.2, 0) is 6.54 Å². The topological polar surface area (TPSA) is 56.0 Å². The van der Waals surface area contributed by atoms with Crippen LogP contribution in [0.4, 0.5) is 4.39 Å². The van der Waals surface area contributed by atoms with Crippen molar-refractivity contribution < 1.29 is 9.50 Å². The molecule has 0 heterocycles. The Morgan fingerprint density at radius 3 is 2.82 bits per heavy atom. The highest BCUT2D eigenvalue weighted by Crippen LogP contribution is 2.26. The van der Waals surface area contributed by atoms with Gasteiger partial charge in [-0.05, 0) is 49.1 Å². The molecule has 3 nitrogen and oxygen atoms in total. The van der Waals surface area contributed by atoms with Crippen LogP contribution in [0.25, 0.3) is 0 Å². The van der Waals surface area contributed by atoms with Gasteiger partial charge in [-0.3, -0.25) is 0 Å². The second-order valence-corrected chi connectivity index (χ2v) is 4.58. The summed E-state index contributed by atoms with van der Waals surface area (Å²) in [6.07, 6.45) is 1.56.